The Morgan fingerprint density at radius 3 is 2.00 bits per heavy atom. The van der Waals surface area contributed by atoms with E-state index in [1.165, 1.54) is 13.8 Å². The molecule has 1 heterocycles. The second kappa shape index (κ2) is 4.52. The van der Waals surface area contributed by atoms with E-state index in [4.69, 9.17) is 5.11 Å². The lowest BCUT2D eigenvalue weighted by atomic mass is 10.1. The highest BCUT2D eigenvalue weighted by atomic mass is 19.1. The smallest absolute Gasteiger partial charge is 0.338 e. The molecule has 0 unspecified atom stereocenters. The Morgan fingerprint density at radius 2 is 1.55 bits per heavy atom. The van der Waals surface area contributed by atoms with Gasteiger partial charge in [-0.15, -0.1) is 0 Å². The molecule has 104 valence electrons. The number of carboxylic acid groups (broad SMARTS) is 1. The molecule has 1 aromatic carbocycles. The van der Waals surface area contributed by atoms with Crippen LogP contribution in [0.25, 0.3) is 0 Å². The van der Waals surface area contributed by atoms with Crippen LogP contribution in [-0.4, -0.2) is 22.9 Å². The SMILES string of the molecule is CC1=C(C)C(=O)N(c2cc(C(=O)O)c(F)cc2F)C1=O. The van der Waals surface area contributed by atoms with Crippen LogP contribution in [0.4, 0.5) is 14.5 Å². The summed E-state index contributed by atoms with van der Waals surface area (Å²) in [6.45, 7) is 2.80. The lowest BCUT2D eigenvalue weighted by Gasteiger charge is -2.16. The van der Waals surface area contributed by atoms with Crippen molar-refractivity contribution >= 4 is 23.5 Å². The van der Waals surface area contributed by atoms with Gasteiger partial charge in [0, 0.05) is 17.2 Å². The van der Waals surface area contributed by atoms with Crippen molar-refractivity contribution in [1.82, 2.24) is 0 Å². The number of nitrogens with zero attached hydrogens (tertiary/aromatic N) is 1. The number of carbonyl (C=O) groups excluding carboxylic acids is 2. The summed E-state index contributed by atoms with van der Waals surface area (Å²) in [6, 6.07) is 0.969. The Morgan fingerprint density at radius 1 is 1.05 bits per heavy atom. The average Bonchev–Trinajstić information content (AvgIpc) is 2.55. The number of hydrogen-bond acceptors (Lipinski definition) is 3. The summed E-state index contributed by atoms with van der Waals surface area (Å²) in [4.78, 5) is 35.1. The van der Waals surface area contributed by atoms with Gasteiger partial charge < -0.3 is 5.11 Å². The Hall–Kier alpha value is -2.57. The summed E-state index contributed by atoms with van der Waals surface area (Å²) in [5, 5.41) is 8.80. The first kappa shape index (κ1) is 13.9. The van der Waals surface area contributed by atoms with E-state index in [0.717, 1.165) is 0 Å². The molecular weight excluding hydrogens is 272 g/mol. The van der Waals surface area contributed by atoms with E-state index >= 15 is 0 Å². The molecule has 0 saturated carbocycles. The summed E-state index contributed by atoms with van der Waals surface area (Å²) in [6.07, 6.45) is 0. The van der Waals surface area contributed by atoms with E-state index in [1.807, 2.05) is 0 Å². The highest BCUT2D eigenvalue weighted by Gasteiger charge is 2.36. The number of amides is 2. The van der Waals surface area contributed by atoms with E-state index in [-0.39, 0.29) is 11.1 Å². The summed E-state index contributed by atoms with van der Waals surface area (Å²) >= 11 is 0. The molecule has 7 heteroatoms. The Bertz CT molecular complexity index is 670. The lowest BCUT2D eigenvalue weighted by molar-refractivity contribution is -0.120. The topological polar surface area (TPSA) is 74.7 Å². The molecule has 0 spiro atoms. The minimum atomic E-state index is -1.62. The van der Waals surface area contributed by atoms with E-state index in [0.29, 0.717) is 17.0 Å². The molecule has 20 heavy (non-hydrogen) atoms. The van der Waals surface area contributed by atoms with Gasteiger partial charge in [0.2, 0.25) is 0 Å². The minimum absolute atomic E-state index is 0.135. The maximum absolute atomic E-state index is 13.7. The van der Waals surface area contributed by atoms with Crippen molar-refractivity contribution in [3.8, 4) is 0 Å². The fourth-order valence-corrected chi connectivity index (χ4v) is 1.84. The summed E-state index contributed by atoms with van der Waals surface area (Å²) in [5.74, 6) is -5.59. The van der Waals surface area contributed by atoms with E-state index < -0.39 is 40.7 Å². The summed E-state index contributed by atoms with van der Waals surface area (Å²) in [5.41, 5.74) is -1.12. The molecule has 2 amide bonds. The van der Waals surface area contributed by atoms with Gasteiger partial charge in [0.05, 0.1) is 11.3 Å². The molecule has 1 aliphatic rings. The van der Waals surface area contributed by atoms with Gasteiger partial charge in [0.25, 0.3) is 11.8 Å². The molecule has 1 aromatic rings. The maximum atomic E-state index is 13.7. The Balaban J connectivity index is 2.61. The lowest BCUT2D eigenvalue weighted by Crippen LogP contribution is -2.32. The van der Waals surface area contributed by atoms with Crippen LogP contribution < -0.4 is 4.90 Å². The van der Waals surface area contributed by atoms with Gasteiger partial charge in [-0.05, 0) is 19.9 Å². The number of rotatable bonds is 2. The van der Waals surface area contributed by atoms with Crippen LogP contribution >= 0.6 is 0 Å². The maximum Gasteiger partial charge on any atom is 0.338 e. The van der Waals surface area contributed by atoms with E-state index in [1.54, 1.807) is 0 Å². The van der Waals surface area contributed by atoms with Crippen molar-refractivity contribution in [3.63, 3.8) is 0 Å². The first-order valence-electron chi connectivity index (χ1n) is 5.54. The Labute approximate surface area is 112 Å². The van der Waals surface area contributed by atoms with Gasteiger partial charge >= 0.3 is 5.97 Å². The minimum Gasteiger partial charge on any atom is -0.478 e. The quantitative estimate of drug-likeness (QED) is 0.840. The van der Waals surface area contributed by atoms with Gasteiger partial charge in [-0.2, -0.15) is 0 Å². The van der Waals surface area contributed by atoms with Crippen molar-refractivity contribution in [2.45, 2.75) is 13.8 Å². The van der Waals surface area contributed by atoms with Crippen LogP contribution in [0.1, 0.15) is 24.2 Å². The molecule has 2 rings (SSSR count). The third-order valence-electron chi connectivity index (χ3n) is 3.12. The molecular formula is C13H9F2NO4. The van der Waals surface area contributed by atoms with Crippen LogP contribution in [0.15, 0.2) is 23.3 Å². The normalized spacial score (nSPS) is 15.3. The van der Waals surface area contributed by atoms with Crippen molar-refractivity contribution in [3.05, 3.63) is 40.5 Å². The second-order valence-corrected chi connectivity index (χ2v) is 4.28. The largest absolute Gasteiger partial charge is 0.478 e. The van der Waals surface area contributed by atoms with Gasteiger partial charge in [-0.25, -0.2) is 18.5 Å². The van der Waals surface area contributed by atoms with Crippen LogP contribution in [0.3, 0.4) is 0 Å². The standard InChI is InChI=1S/C13H9F2NO4/c1-5-6(2)12(18)16(11(5)17)10-3-7(13(19)20)8(14)4-9(10)15/h3-4H,1-2H3,(H,19,20). The predicted molar refractivity (Wildman–Crippen MR) is 64.2 cm³/mol. The molecule has 0 bridgehead atoms. The van der Waals surface area contributed by atoms with E-state index in [9.17, 15) is 23.2 Å². The number of imide groups is 1. The zero-order valence-corrected chi connectivity index (χ0v) is 10.5. The first-order chi connectivity index (χ1) is 9.25. The fraction of sp³-hybridized carbons (Fsp3) is 0.154. The van der Waals surface area contributed by atoms with Crippen molar-refractivity contribution in [2.24, 2.45) is 0 Å². The average molecular weight is 281 g/mol. The number of benzene rings is 1. The highest BCUT2D eigenvalue weighted by molar-refractivity contribution is 6.32. The highest BCUT2D eigenvalue weighted by Crippen LogP contribution is 2.30. The number of halogens is 2. The van der Waals surface area contributed by atoms with Crippen LogP contribution in [0.2, 0.25) is 0 Å². The number of hydrogen-bond donors (Lipinski definition) is 1. The molecule has 5 nitrogen and oxygen atoms in total. The molecule has 0 aromatic heterocycles. The predicted octanol–water partition coefficient (Wildman–Crippen LogP) is 1.87. The van der Waals surface area contributed by atoms with Crippen LogP contribution in [-0.2, 0) is 9.59 Å². The number of anilines is 1. The third-order valence-corrected chi connectivity index (χ3v) is 3.12. The zero-order chi connectivity index (χ0) is 15.2. The van der Waals surface area contributed by atoms with Crippen LogP contribution in [0, 0.1) is 11.6 Å². The molecule has 0 fully saturated rings. The second-order valence-electron chi connectivity index (χ2n) is 4.28. The summed E-state index contributed by atoms with van der Waals surface area (Å²) < 4.78 is 27.0. The van der Waals surface area contributed by atoms with Crippen LogP contribution in [0.5, 0.6) is 0 Å². The van der Waals surface area contributed by atoms with Crippen molar-refractivity contribution < 1.29 is 28.3 Å². The molecule has 0 atom stereocenters. The number of carboxylic acids is 1. The van der Waals surface area contributed by atoms with Gasteiger partial charge in [-0.1, -0.05) is 0 Å². The van der Waals surface area contributed by atoms with Gasteiger partial charge in [-0.3, -0.25) is 9.59 Å². The van der Waals surface area contributed by atoms with Crippen molar-refractivity contribution in [1.29, 1.82) is 0 Å². The third kappa shape index (κ3) is 1.87. The molecule has 1 aliphatic heterocycles. The van der Waals surface area contributed by atoms with E-state index in [2.05, 4.69) is 0 Å². The zero-order valence-electron chi connectivity index (χ0n) is 10.5. The molecule has 0 aliphatic carbocycles. The molecule has 0 radical (unpaired) electrons. The van der Waals surface area contributed by atoms with Gasteiger partial charge in [0.15, 0.2) is 0 Å². The molecule has 1 N–H and O–H groups in total. The monoisotopic (exact) mass is 281 g/mol. The van der Waals surface area contributed by atoms with Gasteiger partial charge in [0.1, 0.15) is 11.6 Å². The molecule has 0 saturated heterocycles. The van der Waals surface area contributed by atoms with Crippen molar-refractivity contribution in [2.75, 3.05) is 4.90 Å². The summed E-state index contributed by atoms with van der Waals surface area (Å²) in [7, 11) is 0. The number of aromatic carboxylic acids is 1. The first-order valence-corrected chi connectivity index (χ1v) is 5.54. The number of carbonyl (C=O) groups is 3. The Kier molecular flexibility index (Phi) is 3.13. The fourth-order valence-electron chi connectivity index (χ4n) is 1.84.